The van der Waals surface area contributed by atoms with Crippen LogP contribution in [0.3, 0.4) is 0 Å². The zero-order chi connectivity index (χ0) is 11.8. The quantitative estimate of drug-likeness (QED) is 0.428. The minimum atomic E-state index is 0.114. The molecule has 0 atom stereocenters. The summed E-state index contributed by atoms with van der Waals surface area (Å²) >= 11 is 0. The highest BCUT2D eigenvalue weighted by Crippen LogP contribution is 2.05. The molecule has 0 aromatic heterocycles. The van der Waals surface area contributed by atoms with Crippen molar-refractivity contribution >= 4 is 5.78 Å². The fraction of sp³-hybridized carbons (Fsp3) is 0.214. The number of carbonyl (C=O) groups excluding carboxylic acids is 1. The molecule has 0 aliphatic carbocycles. The summed E-state index contributed by atoms with van der Waals surface area (Å²) in [5.41, 5.74) is 0.742. The summed E-state index contributed by atoms with van der Waals surface area (Å²) < 4.78 is 5.05. The number of rotatable bonds is 5. The van der Waals surface area contributed by atoms with Crippen molar-refractivity contribution in [3.8, 4) is 0 Å². The van der Waals surface area contributed by atoms with E-state index >= 15 is 0 Å². The molecule has 0 fully saturated rings. The highest BCUT2D eigenvalue weighted by atomic mass is 16.5. The highest BCUT2D eigenvalue weighted by molar-refractivity contribution is 5.96. The Morgan fingerprint density at radius 3 is 2.56 bits per heavy atom. The molecule has 0 spiro atoms. The smallest absolute Gasteiger partial charge is 0.166 e. The van der Waals surface area contributed by atoms with Gasteiger partial charge in [-0.05, 0) is 19.1 Å². The van der Waals surface area contributed by atoms with E-state index in [0.717, 1.165) is 11.3 Å². The van der Waals surface area contributed by atoms with Gasteiger partial charge in [0.1, 0.15) is 5.76 Å². The monoisotopic (exact) mass is 216 g/mol. The van der Waals surface area contributed by atoms with Crippen LogP contribution in [0.5, 0.6) is 0 Å². The maximum absolute atomic E-state index is 11.7. The van der Waals surface area contributed by atoms with Gasteiger partial charge in [0, 0.05) is 12.0 Å². The van der Waals surface area contributed by atoms with Gasteiger partial charge in [-0.1, -0.05) is 36.4 Å². The van der Waals surface area contributed by atoms with Crippen molar-refractivity contribution in [2.75, 3.05) is 7.11 Å². The van der Waals surface area contributed by atoms with Crippen molar-refractivity contribution in [3.63, 3.8) is 0 Å². The number of ether oxygens (including phenoxy) is 1. The van der Waals surface area contributed by atoms with E-state index in [-0.39, 0.29) is 5.78 Å². The van der Waals surface area contributed by atoms with Crippen molar-refractivity contribution < 1.29 is 9.53 Å². The van der Waals surface area contributed by atoms with E-state index in [1.165, 1.54) is 0 Å². The Hall–Kier alpha value is -1.83. The first kappa shape index (κ1) is 12.2. The summed E-state index contributed by atoms with van der Waals surface area (Å²) in [6, 6.07) is 9.27. The molecule has 0 aliphatic rings. The minimum absolute atomic E-state index is 0.114. The molecule has 0 saturated carbocycles. The standard InChI is InChI=1S/C14H16O2/c1-3-13(16-2)10-7-11-14(15)12-8-5-4-6-9-12/h3-10H,11H2,1-2H3/b10-7-,13-3+. The van der Waals surface area contributed by atoms with Crippen LogP contribution < -0.4 is 0 Å². The highest BCUT2D eigenvalue weighted by Gasteiger charge is 2.01. The van der Waals surface area contributed by atoms with Crippen molar-refractivity contribution in [2.24, 2.45) is 0 Å². The molecule has 1 rings (SSSR count). The molecule has 0 heterocycles. The lowest BCUT2D eigenvalue weighted by Gasteiger charge is -1.98. The van der Waals surface area contributed by atoms with Gasteiger partial charge < -0.3 is 4.74 Å². The maximum atomic E-state index is 11.7. The molecule has 0 unspecified atom stereocenters. The lowest BCUT2D eigenvalue weighted by Crippen LogP contribution is -1.96. The van der Waals surface area contributed by atoms with Crippen LogP contribution in [0.15, 0.2) is 54.3 Å². The van der Waals surface area contributed by atoms with Gasteiger partial charge in [-0.25, -0.2) is 0 Å². The van der Waals surface area contributed by atoms with E-state index in [1.54, 1.807) is 13.2 Å². The third kappa shape index (κ3) is 3.73. The number of hydrogen-bond acceptors (Lipinski definition) is 2. The summed E-state index contributed by atoms with van der Waals surface area (Å²) in [6.07, 6.45) is 5.86. The van der Waals surface area contributed by atoms with Gasteiger partial charge in [0.05, 0.1) is 7.11 Å². The van der Waals surface area contributed by atoms with E-state index < -0.39 is 0 Å². The van der Waals surface area contributed by atoms with Gasteiger partial charge in [-0.2, -0.15) is 0 Å². The van der Waals surface area contributed by atoms with Crippen LogP contribution in [0.1, 0.15) is 23.7 Å². The molecule has 0 aliphatic heterocycles. The second-order valence-corrected chi connectivity index (χ2v) is 3.29. The van der Waals surface area contributed by atoms with Crippen molar-refractivity contribution in [3.05, 3.63) is 59.9 Å². The molecule has 0 amide bonds. The maximum Gasteiger partial charge on any atom is 0.166 e. The fourth-order valence-electron chi connectivity index (χ4n) is 1.31. The Labute approximate surface area is 96.2 Å². The molecule has 0 radical (unpaired) electrons. The lowest BCUT2D eigenvalue weighted by atomic mass is 10.1. The predicted octanol–water partition coefficient (Wildman–Crippen LogP) is 3.37. The number of Topliss-reactive ketones (excluding diaryl/α,β-unsaturated/α-hetero) is 1. The van der Waals surface area contributed by atoms with Crippen LogP contribution in [0.4, 0.5) is 0 Å². The van der Waals surface area contributed by atoms with Crippen LogP contribution in [-0.2, 0) is 4.74 Å². The van der Waals surface area contributed by atoms with Gasteiger partial charge >= 0.3 is 0 Å². The van der Waals surface area contributed by atoms with E-state index in [9.17, 15) is 4.79 Å². The Bertz CT molecular complexity index is 388. The largest absolute Gasteiger partial charge is 0.497 e. The van der Waals surface area contributed by atoms with Crippen molar-refractivity contribution in [1.82, 2.24) is 0 Å². The van der Waals surface area contributed by atoms with Gasteiger partial charge in [0.2, 0.25) is 0 Å². The SMILES string of the molecule is C/C=C(\C=C/CC(=O)c1ccccc1)OC. The van der Waals surface area contributed by atoms with Crippen molar-refractivity contribution in [2.45, 2.75) is 13.3 Å². The van der Waals surface area contributed by atoms with Crippen LogP contribution >= 0.6 is 0 Å². The molecular formula is C14H16O2. The van der Waals surface area contributed by atoms with E-state index in [2.05, 4.69) is 0 Å². The first-order chi connectivity index (χ1) is 7.77. The Morgan fingerprint density at radius 1 is 1.31 bits per heavy atom. The Morgan fingerprint density at radius 2 is 2.00 bits per heavy atom. The number of benzene rings is 1. The average Bonchev–Trinajstić information content (AvgIpc) is 2.35. The van der Waals surface area contributed by atoms with Gasteiger partial charge in [-0.3, -0.25) is 4.79 Å². The average molecular weight is 216 g/mol. The Kier molecular flexibility index (Phi) is 5.06. The van der Waals surface area contributed by atoms with Crippen molar-refractivity contribution in [1.29, 1.82) is 0 Å². The van der Waals surface area contributed by atoms with Gasteiger partial charge in [0.25, 0.3) is 0 Å². The zero-order valence-electron chi connectivity index (χ0n) is 9.64. The van der Waals surface area contributed by atoms with Gasteiger partial charge in [0.15, 0.2) is 5.78 Å². The van der Waals surface area contributed by atoms with Crippen LogP contribution in [0.2, 0.25) is 0 Å². The number of methoxy groups -OCH3 is 1. The number of ketones is 1. The minimum Gasteiger partial charge on any atom is -0.497 e. The second kappa shape index (κ2) is 6.62. The number of allylic oxidation sites excluding steroid dienone is 3. The van der Waals surface area contributed by atoms with E-state index in [1.807, 2.05) is 49.4 Å². The molecule has 16 heavy (non-hydrogen) atoms. The van der Waals surface area contributed by atoms with Crippen LogP contribution in [-0.4, -0.2) is 12.9 Å². The number of carbonyl (C=O) groups is 1. The van der Waals surface area contributed by atoms with E-state index in [0.29, 0.717) is 6.42 Å². The Balaban J connectivity index is 2.54. The summed E-state index contributed by atoms with van der Waals surface area (Å²) in [6.45, 7) is 1.89. The number of hydrogen-bond donors (Lipinski definition) is 0. The molecule has 0 bridgehead atoms. The molecule has 1 aromatic carbocycles. The molecule has 0 N–H and O–H groups in total. The summed E-state index contributed by atoms with van der Waals surface area (Å²) in [5.74, 6) is 0.879. The lowest BCUT2D eigenvalue weighted by molar-refractivity contribution is 0.0996. The molecule has 84 valence electrons. The molecular weight excluding hydrogens is 200 g/mol. The molecule has 1 aromatic rings. The van der Waals surface area contributed by atoms with Gasteiger partial charge in [-0.15, -0.1) is 0 Å². The zero-order valence-corrected chi connectivity index (χ0v) is 9.64. The molecule has 0 saturated heterocycles. The second-order valence-electron chi connectivity index (χ2n) is 3.29. The predicted molar refractivity (Wildman–Crippen MR) is 65.3 cm³/mol. The third-order valence-corrected chi connectivity index (χ3v) is 2.20. The van der Waals surface area contributed by atoms with Crippen LogP contribution in [0, 0.1) is 0 Å². The normalized spacial score (nSPS) is 11.8. The first-order valence-corrected chi connectivity index (χ1v) is 5.23. The molecule has 2 heteroatoms. The summed E-state index contributed by atoms with van der Waals surface area (Å²) in [7, 11) is 1.61. The third-order valence-electron chi connectivity index (χ3n) is 2.20. The fourth-order valence-corrected chi connectivity index (χ4v) is 1.31. The summed E-state index contributed by atoms with van der Waals surface area (Å²) in [4.78, 5) is 11.7. The van der Waals surface area contributed by atoms with E-state index in [4.69, 9.17) is 4.74 Å². The van der Waals surface area contributed by atoms with Crippen LogP contribution in [0.25, 0.3) is 0 Å². The topological polar surface area (TPSA) is 26.3 Å². The molecule has 2 nitrogen and oxygen atoms in total. The first-order valence-electron chi connectivity index (χ1n) is 5.23. The summed E-state index contributed by atoms with van der Waals surface area (Å²) in [5, 5.41) is 0.